The van der Waals surface area contributed by atoms with Crippen molar-refractivity contribution < 1.29 is 23.0 Å². The molecule has 0 saturated carbocycles. The molecule has 7 nitrogen and oxygen atoms in total. The van der Waals surface area contributed by atoms with Gasteiger partial charge in [-0.1, -0.05) is 19.1 Å². The van der Waals surface area contributed by atoms with E-state index in [-0.39, 0.29) is 60.5 Å². The van der Waals surface area contributed by atoms with E-state index in [0.717, 1.165) is 6.42 Å². The Labute approximate surface area is 188 Å². The van der Waals surface area contributed by atoms with Gasteiger partial charge in [0.2, 0.25) is 5.91 Å². The summed E-state index contributed by atoms with van der Waals surface area (Å²) >= 11 is 0. The molecule has 0 heterocycles. The maximum Gasteiger partial charge on any atom is 0.387 e. The van der Waals surface area contributed by atoms with Gasteiger partial charge in [0, 0.05) is 25.7 Å². The molecule has 0 aliphatic heterocycles. The third-order valence-corrected chi connectivity index (χ3v) is 3.88. The summed E-state index contributed by atoms with van der Waals surface area (Å²) in [5.41, 5.74) is 0.454. The van der Waals surface area contributed by atoms with Crippen LogP contribution in [0.25, 0.3) is 0 Å². The zero-order valence-electron chi connectivity index (χ0n) is 17.5. The standard InChI is InChI=1S/C19H30F2N4O3.HI/c1-6-13(3)24-19(23-12-16(26)25(4)5)22-11-14-9-8-10-15(27-7-2)17(14)28-18(20)21;/h8-10,13,18H,6-7,11-12H2,1-5H3,(H2,22,23,24);1H. The molecule has 0 bridgehead atoms. The summed E-state index contributed by atoms with van der Waals surface area (Å²) in [4.78, 5) is 17.7. The first-order chi connectivity index (χ1) is 13.3. The van der Waals surface area contributed by atoms with Crippen LogP contribution in [0.5, 0.6) is 11.5 Å². The van der Waals surface area contributed by atoms with Gasteiger partial charge in [0.15, 0.2) is 17.5 Å². The van der Waals surface area contributed by atoms with Crippen molar-refractivity contribution in [1.29, 1.82) is 0 Å². The van der Waals surface area contributed by atoms with Crippen LogP contribution in [0.3, 0.4) is 0 Å². The molecule has 0 spiro atoms. The fraction of sp³-hybridized carbons (Fsp3) is 0.579. The fourth-order valence-corrected chi connectivity index (χ4v) is 2.15. The number of hydrogen-bond acceptors (Lipinski definition) is 4. The maximum atomic E-state index is 12.8. The summed E-state index contributed by atoms with van der Waals surface area (Å²) in [6, 6.07) is 5.03. The first-order valence-corrected chi connectivity index (χ1v) is 9.22. The fourth-order valence-electron chi connectivity index (χ4n) is 2.15. The SMILES string of the molecule is CCOc1cccc(CN=C(NCC(=O)N(C)C)NC(C)CC)c1OC(F)F.I. The lowest BCUT2D eigenvalue weighted by molar-refractivity contribution is -0.127. The lowest BCUT2D eigenvalue weighted by atomic mass is 10.2. The number of ether oxygens (including phenoxy) is 2. The summed E-state index contributed by atoms with van der Waals surface area (Å²) in [6.07, 6.45) is 0.849. The largest absolute Gasteiger partial charge is 0.490 e. The molecule has 0 fully saturated rings. The number of hydrogen-bond donors (Lipinski definition) is 2. The Kier molecular flexibility index (Phi) is 13.3. The van der Waals surface area contributed by atoms with Crippen molar-refractivity contribution in [3.8, 4) is 11.5 Å². The van der Waals surface area contributed by atoms with Gasteiger partial charge in [0.1, 0.15) is 0 Å². The predicted octanol–water partition coefficient (Wildman–Crippen LogP) is 3.23. The Morgan fingerprint density at radius 1 is 1.28 bits per heavy atom. The topological polar surface area (TPSA) is 75.2 Å². The zero-order chi connectivity index (χ0) is 21.1. The Balaban J connectivity index is 0.00000784. The van der Waals surface area contributed by atoms with Crippen LogP contribution < -0.4 is 20.1 Å². The average Bonchev–Trinajstić information content (AvgIpc) is 2.65. The highest BCUT2D eigenvalue weighted by molar-refractivity contribution is 14.0. The van der Waals surface area contributed by atoms with Gasteiger partial charge >= 0.3 is 6.61 Å². The molecule has 0 aromatic heterocycles. The number of benzene rings is 1. The van der Waals surface area contributed by atoms with Crippen LogP contribution in [0.1, 0.15) is 32.8 Å². The van der Waals surface area contributed by atoms with E-state index in [0.29, 0.717) is 18.1 Å². The van der Waals surface area contributed by atoms with Crippen molar-refractivity contribution in [2.45, 2.75) is 46.4 Å². The molecule has 0 radical (unpaired) electrons. The Morgan fingerprint density at radius 3 is 2.52 bits per heavy atom. The molecule has 29 heavy (non-hydrogen) atoms. The van der Waals surface area contributed by atoms with Crippen molar-refractivity contribution in [2.24, 2.45) is 4.99 Å². The van der Waals surface area contributed by atoms with E-state index in [2.05, 4.69) is 20.4 Å². The van der Waals surface area contributed by atoms with Gasteiger partial charge < -0.3 is 25.0 Å². The number of guanidine groups is 1. The molecule has 10 heteroatoms. The molecule has 2 N–H and O–H groups in total. The monoisotopic (exact) mass is 528 g/mol. The van der Waals surface area contributed by atoms with Crippen LogP contribution in [-0.2, 0) is 11.3 Å². The number of halogens is 3. The molecule has 0 saturated heterocycles. The summed E-state index contributed by atoms with van der Waals surface area (Å²) in [5.74, 6) is 0.506. The van der Waals surface area contributed by atoms with Crippen LogP contribution in [0.15, 0.2) is 23.2 Å². The van der Waals surface area contributed by atoms with Gasteiger partial charge in [0.25, 0.3) is 0 Å². The third-order valence-electron chi connectivity index (χ3n) is 3.88. The molecule has 1 aromatic carbocycles. The van der Waals surface area contributed by atoms with Gasteiger partial charge in [0.05, 0.1) is 19.7 Å². The second-order valence-electron chi connectivity index (χ2n) is 6.32. The highest BCUT2D eigenvalue weighted by Gasteiger charge is 2.16. The van der Waals surface area contributed by atoms with Crippen LogP contribution >= 0.6 is 24.0 Å². The van der Waals surface area contributed by atoms with Crippen LogP contribution in [0.2, 0.25) is 0 Å². The number of rotatable bonds is 10. The molecule has 1 rings (SSSR count). The summed E-state index contributed by atoms with van der Waals surface area (Å²) in [6.45, 7) is 3.24. The van der Waals surface area contributed by atoms with Crippen molar-refractivity contribution >= 4 is 35.8 Å². The van der Waals surface area contributed by atoms with Gasteiger partial charge in [-0.2, -0.15) is 8.78 Å². The molecule has 1 unspecified atom stereocenters. The van der Waals surface area contributed by atoms with Crippen molar-refractivity contribution in [1.82, 2.24) is 15.5 Å². The van der Waals surface area contributed by atoms with Crippen LogP contribution in [0.4, 0.5) is 8.78 Å². The van der Waals surface area contributed by atoms with Gasteiger partial charge in [-0.05, 0) is 26.3 Å². The van der Waals surface area contributed by atoms with Crippen LogP contribution in [0, 0.1) is 0 Å². The molecule has 0 aliphatic rings. The van der Waals surface area contributed by atoms with Gasteiger partial charge in [-0.3, -0.25) is 4.79 Å². The quantitative estimate of drug-likeness (QED) is 0.277. The smallest absolute Gasteiger partial charge is 0.387 e. The van der Waals surface area contributed by atoms with Crippen molar-refractivity contribution in [2.75, 3.05) is 27.2 Å². The molecular formula is C19H31F2IN4O3. The van der Waals surface area contributed by atoms with E-state index < -0.39 is 6.61 Å². The number of alkyl halides is 2. The van der Waals surface area contributed by atoms with Crippen LogP contribution in [-0.4, -0.2) is 56.7 Å². The highest BCUT2D eigenvalue weighted by atomic mass is 127. The number of nitrogens with zero attached hydrogens (tertiary/aromatic N) is 2. The number of carbonyl (C=O) groups is 1. The van der Waals surface area contributed by atoms with Crippen molar-refractivity contribution in [3.05, 3.63) is 23.8 Å². The van der Waals surface area contributed by atoms with Crippen molar-refractivity contribution in [3.63, 3.8) is 0 Å². The van der Waals surface area contributed by atoms with E-state index in [1.807, 2.05) is 13.8 Å². The third kappa shape index (κ3) is 9.95. The minimum atomic E-state index is -2.97. The lowest BCUT2D eigenvalue weighted by Crippen LogP contribution is -2.45. The first-order valence-electron chi connectivity index (χ1n) is 9.22. The lowest BCUT2D eigenvalue weighted by Gasteiger charge is -2.19. The average molecular weight is 528 g/mol. The Hall–Kier alpha value is -1.85. The number of likely N-dealkylation sites (N-methyl/N-ethyl adjacent to an activating group) is 1. The molecule has 1 atom stereocenters. The molecule has 166 valence electrons. The minimum absolute atomic E-state index is 0. The minimum Gasteiger partial charge on any atom is -0.490 e. The maximum absolute atomic E-state index is 12.8. The van der Waals surface area contributed by atoms with Gasteiger partial charge in [-0.15, -0.1) is 24.0 Å². The molecule has 0 aliphatic carbocycles. The highest BCUT2D eigenvalue weighted by Crippen LogP contribution is 2.33. The van der Waals surface area contributed by atoms with E-state index >= 15 is 0 Å². The molecular weight excluding hydrogens is 497 g/mol. The number of carbonyl (C=O) groups excluding carboxylic acids is 1. The zero-order valence-corrected chi connectivity index (χ0v) is 19.8. The summed E-state index contributed by atoms with van der Waals surface area (Å²) in [5, 5.41) is 6.14. The second kappa shape index (κ2) is 14.2. The van der Waals surface area contributed by atoms with Gasteiger partial charge in [-0.25, -0.2) is 4.99 Å². The number of nitrogens with one attached hydrogen (secondary N) is 2. The number of para-hydroxylation sites is 1. The second-order valence-corrected chi connectivity index (χ2v) is 6.32. The molecule has 1 amide bonds. The van der Waals surface area contributed by atoms with E-state index in [4.69, 9.17) is 4.74 Å². The predicted molar refractivity (Wildman–Crippen MR) is 120 cm³/mol. The van der Waals surface area contributed by atoms with E-state index in [9.17, 15) is 13.6 Å². The first kappa shape index (κ1) is 27.1. The Morgan fingerprint density at radius 2 is 1.97 bits per heavy atom. The van der Waals surface area contributed by atoms with E-state index in [1.165, 1.54) is 4.90 Å². The summed E-state index contributed by atoms with van der Waals surface area (Å²) < 4.78 is 35.7. The summed E-state index contributed by atoms with van der Waals surface area (Å²) in [7, 11) is 3.33. The molecule has 1 aromatic rings. The normalized spacial score (nSPS) is 12.1. The number of amides is 1. The Bertz CT molecular complexity index is 660. The number of aliphatic imine (C=N–C) groups is 1. The van der Waals surface area contributed by atoms with E-state index in [1.54, 1.807) is 39.2 Å².